The highest BCUT2D eigenvalue weighted by molar-refractivity contribution is 6.31. The van der Waals surface area contributed by atoms with Crippen molar-refractivity contribution in [3.63, 3.8) is 0 Å². The van der Waals surface area contributed by atoms with Gasteiger partial charge in [-0.25, -0.2) is 0 Å². The predicted molar refractivity (Wildman–Crippen MR) is 211 cm³/mol. The largest absolute Gasteiger partial charge is 0.309 e. The molecule has 0 aliphatic heterocycles. The van der Waals surface area contributed by atoms with E-state index in [4.69, 9.17) is 6.85 Å². The SMILES string of the molecule is [2H]c1c([2H])c([2H])c(-c2cccc(-n3c4cccc(-c5ccccc5)c4c4c5c6ccccc6n(-c6ccc(-c7ccccc7)cc6)c5ccc43)c2)c([2H])c1[2H]. The van der Waals surface area contributed by atoms with Crippen LogP contribution in [-0.2, 0) is 0 Å². The van der Waals surface area contributed by atoms with Crippen LogP contribution in [0.25, 0.3) is 88.4 Å². The lowest BCUT2D eigenvalue weighted by Crippen LogP contribution is -1.95. The van der Waals surface area contributed by atoms with Crippen molar-refractivity contribution in [2.75, 3.05) is 0 Å². The molecule has 2 nitrogen and oxygen atoms in total. The lowest BCUT2D eigenvalue weighted by Gasteiger charge is -2.11. The summed E-state index contributed by atoms with van der Waals surface area (Å²) in [5.41, 5.74) is 11.4. The van der Waals surface area contributed by atoms with Gasteiger partial charge in [0.05, 0.1) is 28.9 Å². The number of para-hydroxylation sites is 1. The Morgan fingerprint density at radius 1 is 0.340 bits per heavy atom. The topological polar surface area (TPSA) is 9.86 Å². The van der Waals surface area contributed by atoms with E-state index in [1.54, 1.807) is 0 Å². The van der Waals surface area contributed by atoms with Gasteiger partial charge in [-0.05, 0) is 81.9 Å². The van der Waals surface area contributed by atoms with Crippen LogP contribution in [0.4, 0.5) is 0 Å². The second kappa shape index (κ2) is 11.5. The zero-order valence-electron chi connectivity index (χ0n) is 32.0. The van der Waals surface area contributed by atoms with E-state index >= 15 is 0 Å². The highest BCUT2D eigenvalue weighted by atomic mass is 15.0. The molecule has 0 radical (unpaired) electrons. The Labute approximate surface area is 297 Å². The molecular formula is C48H32N2. The summed E-state index contributed by atoms with van der Waals surface area (Å²) < 4.78 is 46.9. The van der Waals surface area contributed by atoms with Crippen molar-refractivity contribution in [3.05, 3.63) is 194 Å². The number of hydrogen-bond acceptors (Lipinski definition) is 0. The summed E-state index contributed by atoms with van der Waals surface area (Å²) in [6, 6.07) is 55.2. The average Bonchev–Trinajstić information content (AvgIpc) is 3.76. The fraction of sp³-hybridized carbons (Fsp3) is 0. The molecule has 2 aromatic heterocycles. The summed E-state index contributed by atoms with van der Waals surface area (Å²) in [5.74, 6) is 0. The fourth-order valence-electron chi connectivity index (χ4n) is 7.65. The smallest absolute Gasteiger partial charge is 0.0629 e. The Balaban J connectivity index is 1.29. The molecule has 2 heteroatoms. The fourth-order valence-corrected chi connectivity index (χ4v) is 7.65. The number of nitrogens with zero attached hydrogens (tertiary/aromatic N) is 2. The number of rotatable bonds is 5. The van der Waals surface area contributed by atoms with E-state index < -0.39 is 6.04 Å². The van der Waals surface area contributed by atoms with Gasteiger partial charge in [0.1, 0.15) is 0 Å². The molecule has 0 atom stereocenters. The Kier molecular flexibility index (Phi) is 5.44. The van der Waals surface area contributed by atoms with Crippen LogP contribution < -0.4 is 0 Å². The van der Waals surface area contributed by atoms with E-state index in [1.165, 1.54) is 5.56 Å². The van der Waals surface area contributed by atoms with Crippen LogP contribution in [0.5, 0.6) is 0 Å². The summed E-state index contributed by atoms with van der Waals surface area (Å²) in [5, 5.41) is 4.53. The van der Waals surface area contributed by atoms with E-state index in [9.17, 15) is 0 Å². The molecular weight excluding hydrogens is 605 g/mol. The Morgan fingerprint density at radius 2 is 0.920 bits per heavy atom. The summed E-state index contributed by atoms with van der Waals surface area (Å²) >= 11 is 0. The zero-order chi connectivity index (χ0) is 37.4. The first kappa shape index (κ1) is 23.6. The molecule has 8 aromatic carbocycles. The van der Waals surface area contributed by atoms with Crippen LogP contribution in [0.15, 0.2) is 194 Å². The van der Waals surface area contributed by atoms with Gasteiger partial charge in [0, 0.05) is 32.9 Å². The third-order valence-electron chi connectivity index (χ3n) is 9.80. The minimum Gasteiger partial charge on any atom is -0.309 e. The molecule has 0 spiro atoms. The van der Waals surface area contributed by atoms with E-state index in [1.807, 2.05) is 36.4 Å². The summed E-state index contributed by atoms with van der Waals surface area (Å²) in [6.07, 6.45) is 0. The number of aromatic nitrogens is 2. The molecule has 0 aliphatic carbocycles. The predicted octanol–water partition coefficient (Wildman–Crippen LogP) is 12.9. The Hall–Kier alpha value is -6.64. The second-order valence-electron chi connectivity index (χ2n) is 12.6. The first-order valence-corrected chi connectivity index (χ1v) is 16.8. The van der Waals surface area contributed by atoms with Crippen LogP contribution in [-0.4, -0.2) is 9.13 Å². The maximum atomic E-state index is 8.72. The van der Waals surface area contributed by atoms with Crippen molar-refractivity contribution in [1.29, 1.82) is 0 Å². The van der Waals surface area contributed by atoms with Gasteiger partial charge in [0.15, 0.2) is 0 Å². The van der Waals surface area contributed by atoms with Crippen LogP contribution >= 0.6 is 0 Å². The molecule has 2 heterocycles. The van der Waals surface area contributed by atoms with E-state index in [2.05, 4.69) is 137 Å². The average molecular weight is 642 g/mol. The molecule has 0 bridgehead atoms. The van der Waals surface area contributed by atoms with Crippen molar-refractivity contribution >= 4 is 43.6 Å². The third-order valence-corrected chi connectivity index (χ3v) is 9.80. The zero-order valence-corrected chi connectivity index (χ0v) is 27.0. The van der Waals surface area contributed by atoms with Crippen molar-refractivity contribution < 1.29 is 6.85 Å². The van der Waals surface area contributed by atoms with E-state index in [-0.39, 0.29) is 29.7 Å². The van der Waals surface area contributed by atoms with Gasteiger partial charge in [-0.2, -0.15) is 0 Å². The molecule has 0 fully saturated rings. The van der Waals surface area contributed by atoms with Crippen LogP contribution in [0.2, 0.25) is 0 Å². The minimum atomic E-state index is -0.402. The van der Waals surface area contributed by atoms with Gasteiger partial charge in [-0.15, -0.1) is 0 Å². The quantitative estimate of drug-likeness (QED) is 0.177. The van der Waals surface area contributed by atoms with Gasteiger partial charge in [-0.3, -0.25) is 0 Å². The highest BCUT2D eigenvalue weighted by Crippen LogP contribution is 2.45. The maximum Gasteiger partial charge on any atom is 0.0629 e. The number of benzene rings is 8. The monoisotopic (exact) mass is 641 g/mol. The minimum absolute atomic E-state index is 0.183. The van der Waals surface area contributed by atoms with Gasteiger partial charge in [0.2, 0.25) is 0 Å². The van der Waals surface area contributed by atoms with Crippen LogP contribution in [0.3, 0.4) is 0 Å². The summed E-state index contributed by atoms with van der Waals surface area (Å²) in [4.78, 5) is 0. The van der Waals surface area contributed by atoms with Gasteiger partial charge < -0.3 is 9.13 Å². The Bertz CT molecular complexity index is 3100. The molecule has 50 heavy (non-hydrogen) atoms. The van der Waals surface area contributed by atoms with E-state index in [0.29, 0.717) is 5.56 Å². The molecule has 234 valence electrons. The molecule has 0 aliphatic rings. The molecule has 10 aromatic rings. The maximum absolute atomic E-state index is 8.72. The van der Waals surface area contributed by atoms with Crippen molar-refractivity contribution in [2.24, 2.45) is 0 Å². The summed E-state index contributed by atoms with van der Waals surface area (Å²) in [7, 11) is 0. The number of hydrogen-bond donors (Lipinski definition) is 0. The van der Waals surface area contributed by atoms with E-state index in [0.717, 1.165) is 71.7 Å². The Morgan fingerprint density at radius 3 is 1.70 bits per heavy atom. The second-order valence-corrected chi connectivity index (χ2v) is 12.6. The first-order valence-electron chi connectivity index (χ1n) is 19.3. The molecule has 0 unspecified atom stereocenters. The molecule has 0 amide bonds. The lowest BCUT2D eigenvalue weighted by molar-refractivity contribution is 1.17. The lowest BCUT2D eigenvalue weighted by atomic mass is 9.97. The molecule has 10 rings (SSSR count). The number of fused-ring (bicyclic) bond motifs is 7. The van der Waals surface area contributed by atoms with Gasteiger partial charge >= 0.3 is 0 Å². The van der Waals surface area contributed by atoms with Crippen LogP contribution in [0.1, 0.15) is 6.85 Å². The third kappa shape index (κ3) is 4.43. The standard InChI is InChI=1S/C48H32N2/c1-4-14-33(15-5-1)35-26-28-38(29-27-35)49-42-24-11-10-22-41(42)47-44(49)30-31-45-48(47)46-40(36-18-8-3-9-19-36)23-13-25-43(46)50(45)39-21-12-20-37(32-39)34-16-6-2-7-17-34/h1-32H/i2D,6D,7D,16D,17D. The van der Waals surface area contributed by atoms with Crippen LogP contribution in [0, 0.1) is 0 Å². The van der Waals surface area contributed by atoms with Crippen molar-refractivity contribution in [2.45, 2.75) is 0 Å². The molecule has 0 saturated carbocycles. The summed E-state index contributed by atoms with van der Waals surface area (Å²) in [6.45, 7) is 0. The molecule has 0 N–H and O–H groups in total. The highest BCUT2D eigenvalue weighted by Gasteiger charge is 2.22. The van der Waals surface area contributed by atoms with Gasteiger partial charge in [-0.1, -0.05) is 145 Å². The molecule has 0 saturated heterocycles. The van der Waals surface area contributed by atoms with Crippen molar-refractivity contribution in [1.82, 2.24) is 9.13 Å². The van der Waals surface area contributed by atoms with Crippen molar-refractivity contribution in [3.8, 4) is 44.8 Å². The van der Waals surface area contributed by atoms with Gasteiger partial charge in [0.25, 0.3) is 0 Å². The normalized spacial score (nSPS) is 13.0. The first-order chi connectivity index (χ1) is 26.9.